The highest BCUT2D eigenvalue weighted by atomic mass is 32.2. The van der Waals surface area contributed by atoms with E-state index in [0.29, 0.717) is 6.42 Å². The maximum Gasteiger partial charge on any atom is 0.241 e. The summed E-state index contributed by atoms with van der Waals surface area (Å²) in [5, 5.41) is 4.35. The van der Waals surface area contributed by atoms with Gasteiger partial charge in [0.15, 0.2) is 0 Å². The van der Waals surface area contributed by atoms with Crippen molar-refractivity contribution in [3.05, 3.63) is 42.5 Å². The molecule has 0 bridgehead atoms. The summed E-state index contributed by atoms with van der Waals surface area (Å²) in [5.41, 5.74) is 5.94. The number of amides is 2. The lowest BCUT2D eigenvalue weighted by atomic mass is 10.1. The molecule has 0 radical (unpaired) electrons. The summed E-state index contributed by atoms with van der Waals surface area (Å²) in [7, 11) is -3.81. The molecule has 1 heterocycles. The second kappa shape index (κ2) is 10.0. The molecule has 0 saturated carbocycles. The van der Waals surface area contributed by atoms with E-state index in [1.807, 2.05) is 24.3 Å². The number of piperidine rings is 1. The second-order valence-corrected chi connectivity index (χ2v) is 9.23. The molecule has 0 aromatic heterocycles. The lowest BCUT2D eigenvalue weighted by Gasteiger charge is -2.29. The fourth-order valence-electron chi connectivity index (χ4n) is 3.48. The monoisotopic (exact) mass is 432 g/mol. The summed E-state index contributed by atoms with van der Waals surface area (Å²) in [6.07, 6.45) is 3.42. The molecule has 8 nitrogen and oxygen atoms in total. The number of hydrogen-bond donors (Lipinski definition) is 3. The molecule has 1 saturated heterocycles. The van der Waals surface area contributed by atoms with Gasteiger partial charge in [0.05, 0.1) is 17.5 Å². The van der Waals surface area contributed by atoms with E-state index < -0.39 is 22.0 Å². The normalized spacial score (nSPS) is 15.7. The van der Waals surface area contributed by atoms with E-state index in [1.165, 1.54) is 6.07 Å². The number of carbonyl (C=O) groups is 2. The van der Waals surface area contributed by atoms with Gasteiger partial charge in [-0.1, -0.05) is 30.3 Å². The van der Waals surface area contributed by atoms with E-state index in [2.05, 4.69) is 10.0 Å². The number of sulfonamides is 1. The summed E-state index contributed by atoms with van der Waals surface area (Å²) in [4.78, 5) is 26.2. The maximum absolute atomic E-state index is 12.5. The van der Waals surface area contributed by atoms with Gasteiger partial charge < -0.3 is 16.0 Å². The zero-order chi connectivity index (χ0) is 21.6. The summed E-state index contributed by atoms with van der Waals surface area (Å²) in [6.45, 7) is 1.28. The summed E-state index contributed by atoms with van der Waals surface area (Å²) in [6, 6.07) is 11.6. The molecule has 9 heteroatoms. The summed E-state index contributed by atoms with van der Waals surface area (Å²) in [5.74, 6) is -0.571. The molecule has 1 fully saturated rings. The van der Waals surface area contributed by atoms with Gasteiger partial charge in [-0.3, -0.25) is 9.59 Å². The van der Waals surface area contributed by atoms with Crippen LogP contribution in [0.3, 0.4) is 0 Å². The average molecular weight is 433 g/mol. The number of hydrogen-bond acceptors (Lipinski definition) is 5. The predicted octanol–water partition coefficient (Wildman–Crippen LogP) is 0.964. The van der Waals surface area contributed by atoms with Crippen LogP contribution in [-0.2, 0) is 19.6 Å². The molecule has 2 aromatic carbocycles. The Morgan fingerprint density at radius 1 is 1.03 bits per heavy atom. The zero-order valence-corrected chi connectivity index (χ0v) is 17.7. The van der Waals surface area contributed by atoms with E-state index in [9.17, 15) is 18.0 Å². The number of nitrogens with zero attached hydrogens (tertiary/aromatic N) is 1. The van der Waals surface area contributed by atoms with Gasteiger partial charge >= 0.3 is 0 Å². The number of nitrogens with one attached hydrogen (secondary N) is 2. The van der Waals surface area contributed by atoms with Gasteiger partial charge in [0.25, 0.3) is 0 Å². The van der Waals surface area contributed by atoms with Crippen molar-refractivity contribution in [3.8, 4) is 0 Å². The largest absolute Gasteiger partial charge is 0.355 e. The maximum atomic E-state index is 12.5. The number of fused-ring (bicyclic) bond motifs is 1. The fourth-order valence-corrected chi connectivity index (χ4v) is 4.50. The van der Waals surface area contributed by atoms with Crippen LogP contribution >= 0.6 is 0 Å². The lowest BCUT2D eigenvalue weighted by Crippen LogP contribution is -2.47. The number of nitrogens with two attached hydrogens (primary N) is 1. The first kappa shape index (κ1) is 22.2. The molecule has 2 amide bonds. The minimum absolute atomic E-state index is 0.0963. The van der Waals surface area contributed by atoms with Crippen LogP contribution in [0.4, 0.5) is 0 Å². The first-order chi connectivity index (χ1) is 14.4. The van der Waals surface area contributed by atoms with Crippen molar-refractivity contribution in [1.29, 1.82) is 0 Å². The molecule has 2 aromatic rings. The van der Waals surface area contributed by atoms with Gasteiger partial charge in [-0.25, -0.2) is 13.1 Å². The van der Waals surface area contributed by atoms with Crippen LogP contribution in [0.2, 0.25) is 0 Å². The molecule has 0 spiro atoms. The fraction of sp³-hybridized carbons (Fsp3) is 0.429. The highest BCUT2D eigenvalue weighted by Crippen LogP contribution is 2.18. The van der Waals surface area contributed by atoms with Crippen LogP contribution < -0.4 is 15.8 Å². The Balaban J connectivity index is 1.44. The Morgan fingerprint density at radius 3 is 2.47 bits per heavy atom. The van der Waals surface area contributed by atoms with E-state index in [4.69, 9.17) is 5.73 Å². The van der Waals surface area contributed by atoms with Gasteiger partial charge in [-0.15, -0.1) is 0 Å². The van der Waals surface area contributed by atoms with Crippen molar-refractivity contribution < 1.29 is 18.0 Å². The van der Waals surface area contributed by atoms with Gasteiger partial charge in [0.2, 0.25) is 21.8 Å². The smallest absolute Gasteiger partial charge is 0.241 e. The molecule has 1 aliphatic rings. The number of likely N-dealkylation sites (tertiary alicyclic amines) is 1. The molecule has 30 heavy (non-hydrogen) atoms. The number of carbonyl (C=O) groups excluding carboxylic acids is 2. The Morgan fingerprint density at radius 2 is 1.73 bits per heavy atom. The average Bonchev–Trinajstić information content (AvgIpc) is 2.77. The molecule has 3 rings (SSSR count). The number of benzene rings is 2. The van der Waals surface area contributed by atoms with Gasteiger partial charge in [0.1, 0.15) is 0 Å². The number of rotatable bonds is 8. The molecular weight excluding hydrogens is 404 g/mol. The van der Waals surface area contributed by atoms with Crippen LogP contribution in [0.1, 0.15) is 25.7 Å². The molecule has 1 aliphatic heterocycles. The van der Waals surface area contributed by atoms with E-state index in [1.54, 1.807) is 17.0 Å². The molecule has 1 atom stereocenters. The van der Waals surface area contributed by atoms with Crippen molar-refractivity contribution in [3.63, 3.8) is 0 Å². The zero-order valence-electron chi connectivity index (χ0n) is 16.8. The van der Waals surface area contributed by atoms with E-state index >= 15 is 0 Å². The van der Waals surface area contributed by atoms with Crippen LogP contribution in [0.5, 0.6) is 0 Å². The third kappa shape index (κ3) is 5.78. The third-order valence-corrected chi connectivity index (χ3v) is 6.62. The van der Waals surface area contributed by atoms with E-state index in [0.717, 1.165) is 43.1 Å². The quantitative estimate of drug-likeness (QED) is 0.574. The first-order valence-corrected chi connectivity index (χ1v) is 11.6. The molecular formula is C21H28N4O4S. The van der Waals surface area contributed by atoms with Crippen molar-refractivity contribution in [2.75, 3.05) is 26.2 Å². The van der Waals surface area contributed by atoms with E-state index in [-0.39, 0.29) is 23.9 Å². The van der Waals surface area contributed by atoms with Crippen LogP contribution in [0.25, 0.3) is 10.8 Å². The SMILES string of the molecule is NC(CCNC(=O)CNS(=O)(=O)c1ccc2ccccc2c1)C(=O)N1CCCCC1. The Labute approximate surface area is 176 Å². The topological polar surface area (TPSA) is 122 Å². The Bertz CT molecular complexity index is 1000. The Kier molecular flexibility index (Phi) is 7.41. The Hall–Kier alpha value is -2.49. The molecule has 4 N–H and O–H groups in total. The van der Waals surface area contributed by atoms with Gasteiger partial charge in [-0.2, -0.15) is 0 Å². The highest BCUT2D eigenvalue weighted by molar-refractivity contribution is 7.89. The van der Waals surface area contributed by atoms with Gasteiger partial charge in [-0.05, 0) is 48.6 Å². The first-order valence-electron chi connectivity index (χ1n) is 10.2. The second-order valence-electron chi connectivity index (χ2n) is 7.46. The third-order valence-electron chi connectivity index (χ3n) is 5.22. The minimum Gasteiger partial charge on any atom is -0.355 e. The molecule has 1 unspecified atom stereocenters. The van der Waals surface area contributed by atoms with Crippen molar-refractivity contribution in [2.24, 2.45) is 5.73 Å². The standard InChI is InChI=1S/C21H28N4O4S/c22-19(21(27)25-12-4-1-5-13-25)10-11-23-20(26)15-24-30(28,29)18-9-8-16-6-2-3-7-17(16)14-18/h2-3,6-9,14,19,24H,1,4-5,10-13,15,22H2,(H,23,26). The van der Waals surface area contributed by atoms with Crippen molar-refractivity contribution in [1.82, 2.24) is 14.9 Å². The van der Waals surface area contributed by atoms with Crippen LogP contribution in [-0.4, -0.2) is 57.4 Å². The van der Waals surface area contributed by atoms with Crippen LogP contribution in [0, 0.1) is 0 Å². The van der Waals surface area contributed by atoms with Gasteiger partial charge in [0, 0.05) is 19.6 Å². The summed E-state index contributed by atoms with van der Waals surface area (Å²) < 4.78 is 27.2. The lowest BCUT2D eigenvalue weighted by molar-refractivity contribution is -0.133. The van der Waals surface area contributed by atoms with Crippen molar-refractivity contribution >= 4 is 32.6 Å². The van der Waals surface area contributed by atoms with Crippen LogP contribution in [0.15, 0.2) is 47.4 Å². The molecule has 162 valence electrons. The molecule has 0 aliphatic carbocycles. The highest BCUT2D eigenvalue weighted by Gasteiger charge is 2.22. The van der Waals surface area contributed by atoms with Crippen molar-refractivity contribution in [2.45, 2.75) is 36.6 Å². The minimum atomic E-state index is -3.81. The predicted molar refractivity (Wildman–Crippen MR) is 115 cm³/mol. The summed E-state index contributed by atoms with van der Waals surface area (Å²) >= 11 is 0.